The minimum atomic E-state index is -0.685. The topological polar surface area (TPSA) is 78.4 Å². The molecule has 20 heavy (non-hydrogen) atoms. The summed E-state index contributed by atoms with van der Waals surface area (Å²) < 4.78 is 0. The molecule has 0 aliphatic carbocycles. The first-order valence-electron chi connectivity index (χ1n) is 7.13. The zero-order chi connectivity index (χ0) is 14.2. The summed E-state index contributed by atoms with van der Waals surface area (Å²) in [5.41, 5.74) is -0.685. The van der Waals surface area contributed by atoms with Crippen LogP contribution in [0.5, 0.6) is 0 Å². The summed E-state index contributed by atoms with van der Waals surface area (Å²) in [5.74, 6) is 1.53. The Morgan fingerprint density at radius 2 is 2.40 bits per heavy atom. The van der Waals surface area contributed by atoms with Gasteiger partial charge in [-0.05, 0) is 32.3 Å². The second kappa shape index (κ2) is 5.01. The van der Waals surface area contributed by atoms with E-state index in [-0.39, 0.29) is 5.91 Å². The van der Waals surface area contributed by atoms with Crippen molar-refractivity contribution >= 4 is 11.7 Å². The summed E-state index contributed by atoms with van der Waals surface area (Å²) in [5, 5.41) is 13.3. The number of aliphatic hydroxyl groups excluding tert-OH is 1. The molecule has 3 heterocycles. The van der Waals surface area contributed by atoms with Crippen LogP contribution in [0.2, 0.25) is 0 Å². The molecule has 2 N–H and O–H groups in total. The largest absolute Gasteiger partial charge is 0.392 e. The Morgan fingerprint density at radius 3 is 3.15 bits per heavy atom. The van der Waals surface area contributed by atoms with Crippen molar-refractivity contribution in [1.29, 1.82) is 0 Å². The molecule has 2 atom stereocenters. The van der Waals surface area contributed by atoms with E-state index >= 15 is 0 Å². The van der Waals surface area contributed by atoms with E-state index in [0.29, 0.717) is 26.1 Å². The fourth-order valence-electron chi connectivity index (χ4n) is 3.26. The van der Waals surface area contributed by atoms with E-state index < -0.39 is 11.5 Å². The summed E-state index contributed by atoms with van der Waals surface area (Å²) in [4.78, 5) is 22.9. The Kier molecular flexibility index (Phi) is 3.33. The van der Waals surface area contributed by atoms with Gasteiger partial charge >= 0.3 is 0 Å². The molecular formula is C14H20N4O2. The predicted octanol–water partition coefficient (Wildman–Crippen LogP) is 0.252. The predicted molar refractivity (Wildman–Crippen MR) is 74.3 cm³/mol. The van der Waals surface area contributed by atoms with Crippen LogP contribution in [-0.2, 0) is 4.79 Å². The van der Waals surface area contributed by atoms with Gasteiger partial charge in [0.2, 0.25) is 5.91 Å². The third kappa shape index (κ3) is 2.14. The minimum absolute atomic E-state index is 0.0215. The lowest BCUT2D eigenvalue weighted by Gasteiger charge is -2.47. The molecule has 3 rings (SSSR count). The molecule has 2 aliphatic rings. The van der Waals surface area contributed by atoms with Crippen molar-refractivity contribution in [2.45, 2.75) is 32.3 Å². The van der Waals surface area contributed by atoms with Crippen molar-refractivity contribution in [2.75, 3.05) is 24.5 Å². The van der Waals surface area contributed by atoms with Crippen LogP contribution in [-0.4, -0.2) is 46.7 Å². The van der Waals surface area contributed by atoms with Crippen LogP contribution in [0.4, 0.5) is 5.82 Å². The summed E-state index contributed by atoms with van der Waals surface area (Å²) in [6.45, 7) is 3.80. The van der Waals surface area contributed by atoms with Crippen LogP contribution in [0.15, 0.2) is 12.3 Å². The van der Waals surface area contributed by atoms with Gasteiger partial charge in [-0.2, -0.15) is 0 Å². The van der Waals surface area contributed by atoms with Crippen LogP contribution >= 0.6 is 0 Å². The zero-order valence-corrected chi connectivity index (χ0v) is 11.7. The Labute approximate surface area is 118 Å². The standard InChI is InChI=1S/C14H20N4O2/c1-10-15-7-3-12(17-10)18-8-4-11(19)14(9-18)5-2-6-16-13(14)20/h3,7,11,19H,2,4-6,8-9H2,1H3,(H,16,20)/t11-,14-/m1/s1. The number of aryl methyl sites for hydroxylation is 1. The van der Waals surface area contributed by atoms with Crippen LogP contribution in [0.3, 0.4) is 0 Å². The van der Waals surface area contributed by atoms with Gasteiger partial charge in [0.25, 0.3) is 0 Å². The van der Waals surface area contributed by atoms with Gasteiger partial charge in [-0.15, -0.1) is 0 Å². The third-order valence-electron chi connectivity index (χ3n) is 4.41. The highest BCUT2D eigenvalue weighted by molar-refractivity contribution is 5.85. The second-order valence-corrected chi connectivity index (χ2v) is 5.70. The maximum absolute atomic E-state index is 12.3. The molecule has 0 saturated carbocycles. The number of amides is 1. The van der Waals surface area contributed by atoms with Gasteiger partial charge in [0.05, 0.1) is 11.5 Å². The van der Waals surface area contributed by atoms with E-state index in [1.54, 1.807) is 6.20 Å². The molecule has 0 bridgehead atoms. The van der Waals surface area contributed by atoms with Crippen molar-refractivity contribution in [2.24, 2.45) is 5.41 Å². The number of anilines is 1. The molecule has 1 aromatic heterocycles. The van der Waals surface area contributed by atoms with Gasteiger partial charge in [-0.3, -0.25) is 4.79 Å². The summed E-state index contributed by atoms with van der Waals surface area (Å²) in [7, 11) is 0. The Bertz CT molecular complexity index is 522. The number of nitrogens with one attached hydrogen (secondary N) is 1. The fraction of sp³-hybridized carbons (Fsp3) is 0.643. The number of rotatable bonds is 1. The monoisotopic (exact) mass is 276 g/mol. The van der Waals surface area contributed by atoms with Gasteiger partial charge in [0.1, 0.15) is 11.6 Å². The first-order chi connectivity index (χ1) is 9.62. The first kappa shape index (κ1) is 13.3. The first-order valence-corrected chi connectivity index (χ1v) is 7.13. The molecule has 6 heteroatoms. The van der Waals surface area contributed by atoms with E-state index in [2.05, 4.69) is 20.2 Å². The SMILES string of the molecule is Cc1nccc(N2CC[C@@H](O)[C@@]3(CCCNC3=O)C2)n1. The molecule has 1 aromatic rings. The number of hydrogen-bond acceptors (Lipinski definition) is 5. The number of aliphatic hydroxyl groups is 1. The fourth-order valence-corrected chi connectivity index (χ4v) is 3.26. The lowest BCUT2D eigenvalue weighted by molar-refractivity contribution is -0.142. The van der Waals surface area contributed by atoms with Crippen molar-refractivity contribution in [1.82, 2.24) is 15.3 Å². The minimum Gasteiger partial charge on any atom is -0.392 e. The van der Waals surface area contributed by atoms with Gasteiger partial charge in [-0.1, -0.05) is 0 Å². The Balaban J connectivity index is 1.88. The number of hydrogen-bond donors (Lipinski definition) is 2. The molecule has 2 fully saturated rings. The van der Waals surface area contributed by atoms with Crippen LogP contribution in [0.25, 0.3) is 0 Å². The number of aromatic nitrogens is 2. The highest BCUT2D eigenvalue weighted by Crippen LogP contribution is 2.38. The number of carbonyl (C=O) groups is 1. The smallest absolute Gasteiger partial charge is 0.230 e. The van der Waals surface area contributed by atoms with Gasteiger partial charge in [0, 0.05) is 25.8 Å². The van der Waals surface area contributed by atoms with Gasteiger partial charge in [0.15, 0.2) is 0 Å². The molecule has 1 spiro atoms. The summed E-state index contributed by atoms with van der Waals surface area (Å²) in [6, 6.07) is 1.86. The number of piperidine rings is 2. The highest BCUT2D eigenvalue weighted by atomic mass is 16.3. The highest BCUT2D eigenvalue weighted by Gasteiger charge is 2.50. The zero-order valence-electron chi connectivity index (χ0n) is 11.7. The maximum Gasteiger partial charge on any atom is 0.230 e. The maximum atomic E-state index is 12.3. The van der Waals surface area contributed by atoms with Gasteiger partial charge < -0.3 is 15.3 Å². The molecule has 6 nitrogen and oxygen atoms in total. The van der Waals surface area contributed by atoms with E-state index in [9.17, 15) is 9.90 Å². The van der Waals surface area contributed by atoms with Gasteiger partial charge in [-0.25, -0.2) is 9.97 Å². The van der Waals surface area contributed by atoms with Crippen molar-refractivity contribution < 1.29 is 9.90 Å². The third-order valence-corrected chi connectivity index (χ3v) is 4.41. The van der Waals surface area contributed by atoms with Crippen molar-refractivity contribution in [3.05, 3.63) is 18.1 Å². The average Bonchev–Trinajstić information content (AvgIpc) is 2.45. The van der Waals surface area contributed by atoms with E-state index in [1.165, 1.54) is 0 Å². The second-order valence-electron chi connectivity index (χ2n) is 5.70. The Hall–Kier alpha value is -1.69. The molecule has 2 saturated heterocycles. The number of nitrogens with zero attached hydrogens (tertiary/aromatic N) is 3. The summed E-state index contributed by atoms with van der Waals surface area (Å²) in [6.07, 6.45) is 3.41. The lowest BCUT2D eigenvalue weighted by atomic mass is 9.71. The summed E-state index contributed by atoms with van der Waals surface area (Å²) >= 11 is 0. The molecule has 0 aromatic carbocycles. The van der Waals surface area contributed by atoms with Crippen molar-refractivity contribution in [3.8, 4) is 0 Å². The molecule has 2 aliphatic heterocycles. The molecule has 108 valence electrons. The van der Waals surface area contributed by atoms with E-state index in [4.69, 9.17) is 0 Å². The molecule has 1 amide bonds. The van der Waals surface area contributed by atoms with Crippen molar-refractivity contribution in [3.63, 3.8) is 0 Å². The molecule has 0 unspecified atom stereocenters. The normalized spacial score (nSPS) is 30.4. The van der Waals surface area contributed by atoms with Crippen LogP contribution < -0.4 is 10.2 Å². The lowest BCUT2D eigenvalue weighted by Crippen LogP contribution is -2.61. The van der Waals surface area contributed by atoms with Crippen LogP contribution in [0.1, 0.15) is 25.1 Å². The van der Waals surface area contributed by atoms with E-state index in [0.717, 1.165) is 24.5 Å². The average molecular weight is 276 g/mol. The molecule has 0 radical (unpaired) electrons. The number of carbonyl (C=O) groups excluding carboxylic acids is 1. The Morgan fingerprint density at radius 1 is 1.55 bits per heavy atom. The molecular weight excluding hydrogens is 256 g/mol. The van der Waals surface area contributed by atoms with E-state index in [1.807, 2.05) is 13.0 Å². The quantitative estimate of drug-likeness (QED) is 0.769. The van der Waals surface area contributed by atoms with Crippen LogP contribution in [0, 0.1) is 12.3 Å².